The Morgan fingerprint density at radius 1 is 0.950 bits per heavy atom. The van der Waals surface area contributed by atoms with E-state index in [2.05, 4.69) is 16.4 Å². The lowest BCUT2D eigenvalue weighted by molar-refractivity contribution is -0.155. The predicted octanol–water partition coefficient (Wildman–Crippen LogP) is 4.83. The summed E-state index contributed by atoms with van der Waals surface area (Å²) in [7, 11) is 3.54. The third kappa shape index (κ3) is 6.39. The molecule has 0 aliphatic carbocycles. The maximum Gasteiger partial charge on any atom is 0.308 e. The number of H-pyrrole nitrogens is 1. The molecule has 214 valence electrons. The van der Waals surface area contributed by atoms with Crippen molar-refractivity contribution in [3.63, 3.8) is 0 Å². The summed E-state index contributed by atoms with van der Waals surface area (Å²) >= 11 is 0. The molecule has 2 N–H and O–H groups in total. The summed E-state index contributed by atoms with van der Waals surface area (Å²) in [6, 6.07) is 15.1. The van der Waals surface area contributed by atoms with Gasteiger partial charge in [-0.25, -0.2) is 0 Å². The zero-order valence-electron chi connectivity index (χ0n) is 24.9. The summed E-state index contributed by atoms with van der Waals surface area (Å²) in [6.07, 6.45) is 0.719. The highest BCUT2D eigenvalue weighted by Gasteiger charge is 2.35. The Morgan fingerprint density at radius 2 is 1.60 bits per heavy atom. The van der Waals surface area contributed by atoms with Crippen molar-refractivity contribution in [3.8, 4) is 0 Å². The van der Waals surface area contributed by atoms with Gasteiger partial charge in [0.2, 0.25) is 5.91 Å². The van der Waals surface area contributed by atoms with Crippen molar-refractivity contribution in [1.82, 2.24) is 20.1 Å². The van der Waals surface area contributed by atoms with Gasteiger partial charge in [0, 0.05) is 48.3 Å². The molecule has 0 fully saturated rings. The van der Waals surface area contributed by atoms with E-state index in [1.54, 1.807) is 23.9 Å². The van der Waals surface area contributed by atoms with E-state index < -0.39 is 11.1 Å². The minimum Gasteiger partial charge on any atom is -0.460 e. The highest BCUT2D eigenvalue weighted by Crippen LogP contribution is 2.35. The van der Waals surface area contributed by atoms with Gasteiger partial charge in [0.25, 0.3) is 5.91 Å². The van der Waals surface area contributed by atoms with Gasteiger partial charge in [-0.1, -0.05) is 30.3 Å². The van der Waals surface area contributed by atoms with Crippen molar-refractivity contribution >= 4 is 28.7 Å². The standard InChI is InChI=1S/C32H42N4O4/c1-31(2,3)36(18-17-26(37)40-32(4,5)6)29(38)21-15-13-20(14-16-21)27-28-23(19-25(34-27)30(39)35(7)8)22-11-9-10-12-24(22)33-28/h9-16,25,27,33-34H,17-19H2,1-8H3/t25-,27+/m1/s1. The van der Waals surface area contributed by atoms with Gasteiger partial charge >= 0.3 is 5.97 Å². The van der Waals surface area contributed by atoms with Crippen molar-refractivity contribution in [2.24, 2.45) is 0 Å². The Kier molecular flexibility index (Phi) is 8.13. The van der Waals surface area contributed by atoms with E-state index in [9.17, 15) is 14.4 Å². The molecule has 2 amide bonds. The molecular formula is C32H42N4O4. The number of benzene rings is 2. The average molecular weight is 547 g/mol. The van der Waals surface area contributed by atoms with Crippen molar-refractivity contribution in [2.75, 3.05) is 20.6 Å². The van der Waals surface area contributed by atoms with Gasteiger partial charge in [0.1, 0.15) is 5.60 Å². The lowest BCUT2D eigenvalue weighted by atomic mass is 9.89. The van der Waals surface area contributed by atoms with Gasteiger partial charge in [0.15, 0.2) is 0 Å². The highest BCUT2D eigenvalue weighted by molar-refractivity contribution is 5.95. The van der Waals surface area contributed by atoms with Crippen LogP contribution in [0.2, 0.25) is 0 Å². The molecule has 1 aliphatic heterocycles. The van der Waals surface area contributed by atoms with Crippen LogP contribution in [0, 0.1) is 0 Å². The van der Waals surface area contributed by atoms with Crippen LogP contribution in [-0.4, -0.2) is 70.4 Å². The predicted molar refractivity (Wildman–Crippen MR) is 157 cm³/mol. The molecule has 0 saturated carbocycles. The topological polar surface area (TPSA) is 94.7 Å². The van der Waals surface area contributed by atoms with Crippen LogP contribution in [0.5, 0.6) is 0 Å². The number of rotatable bonds is 6. The van der Waals surface area contributed by atoms with E-state index in [1.807, 2.05) is 84.0 Å². The van der Waals surface area contributed by atoms with Crippen LogP contribution in [0.1, 0.15) is 81.2 Å². The molecule has 40 heavy (non-hydrogen) atoms. The van der Waals surface area contributed by atoms with Gasteiger partial charge in [-0.2, -0.15) is 0 Å². The van der Waals surface area contributed by atoms with Crippen LogP contribution in [0.3, 0.4) is 0 Å². The van der Waals surface area contributed by atoms with Crippen LogP contribution in [0.25, 0.3) is 10.9 Å². The number of fused-ring (bicyclic) bond motifs is 3. The quantitative estimate of drug-likeness (QED) is 0.432. The SMILES string of the molecule is CN(C)C(=O)[C@H]1Cc2c([nH]c3ccccc23)[C@H](c2ccc(C(=O)N(CCC(=O)OC(C)(C)C)C(C)(C)C)cc2)N1. The summed E-state index contributed by atoms with van der Waals surface area (Å²) in [5, 5.41) is 4.67. The fourth-order valence-electron chi connectivity index (χ4n) is 5.28. The first-order valence-electron chi connectivity index (χ1n) is 13.9. The minimum absolute atomic E-state index is 0.0264. The second-order valence-electron chi connectivity index (χ2n) is 12.7. The van der Waals surface area contributed by atoms with E-state index in [1.165, 1.54) is 0 Å². The molecule has 0 radical (unpaired) electrons. The summed E-state index contributed by atoms with van der Waals surface area (Å²) in [6.45, 7) is 11.6. The van der Waals surface area contributed by atoms with Crippen LogP contribution < -0.4 is 5.32 Å². The van der Waals surface area contributed by atoms with Crippen LogP contribution >= 0.6 is 0 Å². The second kappa shape index (κ2) is 11.1. The van der Waals surface area contributed by atoms with Gasteiger partial charge in [-0.05, 0) is 77.3 Å². The molecule has 3 aromatic rings. The Morgan fingerprint density at radius 3 is 2.20 bits per heavy atom. The van der Waals surface area contributed by atoms with Gasteiger partial charge < -0.3 is 19.5 Å². The van der Waals surface area contributed by atoms with Gasteiger partial charge in [0.05, 0.1) is 18.5 Å². The molecule has 0 saturated heterocycles. The summed E-state index contributed by atoms with van der Waals surface area (Å²) < 4.78 is 5.45. The number of nitrogens with zero attached hydrogens (tertiary/aromatic N) is 2. The van der Waals surface area contributed by atoms with E-state index in [4.69, 9.17) is 4.74 Å². The number of aromatic amines is 1. The third-order valence-electron chi connectivity index (χ3n) is 7.16. The van der Waals surface area contributed by atoms with Crippen molar-refractivity contribution in [2.45, 2.75) is 77.6 Å². The third-order valence-corrected chi connectivity index (χ3v) is 7.16. The van der Waals surface area contributed by atoms with E-state index in [-0.39, 0.29) is 42.8 Å². The minimum atomic E-state index is -0.572. The molecule has 1 aromatic heterocycles. The maximum atomic E-state index is 13.6. The van der Waals surface area contributed by atoms with E-state index >= 15 is 0 Å². The monoisotopic (exact) mass is 546 g/mol. The number of ether oxygens (including phenoxy) is 1. The normalized spacial score (nSPS) is 17.3. The number of para-hydroxylation sites is 1. The first-order chi connectivity index (χ1) is 18.7. The Balaban J connectivity index is 1.60. The number of carbonyl (C=O) groups is 3. The number of nitrogens with one attached hydrogen (secondary N) is 2. The Labute approximate surface area is 237 Å². The molecule has 0 bridgehead atoms. The number of carbonyl (C=O) groups excluding carboxylic acids is 3. The fraction of sp³-hybridized carbons (Fsp3) is 0.469. The average Bonchev–Trinajstić information content (AvgIpc) is 3.24. The highest BCUT2D eigenvalue weighted by atomic mass is 16.6. The number of hydrogen-bond donors (Lipinski definition) is 2. The number of hydrogen-bond acceptors (Lipinski definition) is 5. The fourth-order valence-corrected chi connectivity index (χ4v) is 5.28. The lowest BCUT2D eigenvalue weighted by Gasteiger charge is -2.36. The molecule has 8 heteroatoms. The van der Waals surface area contributed by atoms with Gasteiger partial charge in [-0.15, -0.1) is 0 Å². The van der Waals surface area contributed by atoms with Gasteiger partial charge in [-0.3, -0.25) is 19.7 Å². The lowest BCUT2D eigenvalue weighted by Crippen LogP contribution is -2.49. The second-order valence-corrected chi connectivity index (χ2v) is 12.7. The molecule has 2 heterocycles. The maximum absolute atomic E-state index is 13.6. The first kappa shape index (κ1) is 29.3. The molecule has 2 aromatic carbocycles. The number of esters is 1. The molecule has 0 spiro atoms. The van der Waals surface area contributed by atoms with Crippen molar-refractivity contribution < 1.29 is 19.1 Å². The van der Waals surface area contributed by atoms with Crippen molar-refractivity contribution in [1.29, 1.82) is 0 Å². The Bertz CT molecular complexity index is 1390. The smallest absolute Gasteiger partial charge is 0.308 e. The van der Waals surface area contributed by atoms with Crippen LogP contribution in [0.4, 0.5) is 0 Å². The molecule has 1 aliphatic rings. The molecule has 2 atom stereocenters. The summed E-state index contributed by atoms with van der Waals surface area (Å²) in [5.74, 6) is -0.450. The van der Waals surface area contributed by atoms with Crippen LogP contribution in [0.15, 0.2) is 48.5 Å². The molecule has 8 nitrogen and oxygen atoms in total. The van der Waals surface area contributed by atoms with E-state index in [0.29, 0.717) is 12.0 Å². The molecule has 4 rings (SSSR count). The number of likely N-dealkylation sites (N-methyl/N-ethyl adjacent to an activating group) is 1. The van der Waals surface area contributed by atoms with Crippen LogP contribution in [-0.2, 0) is 20.7 Å². The Hall–Kier alpha value is -3.65. The summed E-state index contributed by atoms with van der Waals surface area (Å²) in [4.78, 5) is 45.9. The first-order valence-corrected chi connectivity index (χ1v) is 13.9. The summed E-state index contributed by atoms with van der Waals surface area (Å²) in [5.41, 5.74) is 3.65. The van der Waals surface area contributed by atoms with E-state index in [0.717, 1.165) is 27.7 Å². The number of amides is 2. The largest absolute Gasteiger partial charge is 0.460 e. The molecular weight excluding hydrogens is 504 g/mol. The zero-order valence-corrected chi connectivity index (χ0v) is 24.9. The zero-order chi connectivity index (χ0) is 29.4. The number of aromatic nitrogens is 1. The van der Waals surface area contributed by atoms with Crippen molar-refractivity contribution in [3.05, 3.63) is 70.9 Å². The molecule has 0 unspecified atom stereocenters.